The predicted octanol–water partition coefficient (Wildman–Crippen LogP) is -1.28. The van der Waals surface area contributed by atoms with Crippen molar-refractivity contribution >= 4 is 65.1 Å². The van der Waals surface area contributed by atoms with E-state index in [9.17, 15) is 48.3 Å². The van der Waals surface area contributed by atoms with Gasteiger partial charge in [0.25, 0.3) is 0 Å². The molecule has 2 aliphatic heterocycles. The Labute approximate surface area is 318 Å². The summed E-state index contributed by atoms with van der Waals surface area (Å²) < 4.78 is 0. The van der Waals surface area contributed by atoms with E-state index in [0.717, 1.165) is 0 Å². The molecule has 0 unspecified atom stereocenters. The zero-order valence-corrected chi connectivity index (χ0v) is 32.2. The molecule has 0 spiro atoms. The van der Waals surface area contributed by atoms with E-state index in [1.807, 2.05) is 20.1 Å². The molecule has 0 aromatic carbocycles. The Balaban J connectivity index is 2.23. The van der Waals surface area contributed by atoms with Crippen LogP contribution in [-0.4, -0.2) is 146 Å². The summed E-state index contributed by atoms with van der Waals surface area (Å²) in [5, 5.41) is 37.7. The quantitative estimate of drug-likeness (QED) is 0.0673. The first-order valence-electron chi connectivity index (χ1n) is 18.0. The number of hydrogen-bond donors (Lipinski definition) is 8. The van der Waals surface area contributed by atoms with Crippen LogP contribution in [0.3, 0.4) is 0 Å². The number of carbonyl (C=O) groups excluding carboxylic acids is 6. The molecule has 0 saturated carbocycles. The topological polar surface area (TPSA) is 295 Å². The SMILES string of the molecule is CSCC[C@H](NC(=O)[C@@H](N)CC(=O)O)C(=O)N1CCC[C@H]1C(=O)N[C@H](C(=O)N[C@@H](CC(C)C)C(=O)N1CCC[C@H]1C(=O)N[C@@H](CC(=O)O)C(=O)O)C(C)C. The summed E-state index contributed by atoms with van der Waals surface area (Å²) in [4.78, 5) is 117. The van der Waals surface area contributed by atoms with Crippen LogP contribution >= 0.6 is 11.8 Å². The Morgan fingerprint density at radius 2 is 1.20 bits per heavy atom. The molecule has 0 aromatic heterocycles. The van der Waals surface area contributed by atoms with E-state index in [0.29, 0.717) is 18.6 Å². The zero-order valence-electron chi connectivity index (χ0n) is 31.4. The number of carbonyl (C=O) groups is 9. The second kappa shape index (κ2) is 21.4. The second-order valence-electron chi connectivity index (χ2n) is 14.3. The molecule has 0 aliphatic carbocycles. The van der Waals surface area contributed by atoms with Gasteiger partial charge >= 0.3 is 17.9 Å². The van der Waals surface area contributed by atoms with Gasteiger partial charge < -0.3 is 52.1 Å². The van der Waals surface area contributed by atoms with Gasteiger partial charge in [0.15, 0.2) is 0 Å². The molecule has 7 atom stereocenters. The van der Waals surface area contributed by atoms with E-state index >= 15 is 0 Å². The lowest BCUT2D eigenvalue weighted by Crippen LogP contribution is -2.60. The Bertz CT molecular complexity index is 1410. The first-order valence-corrected chi connectivity index (χ1v) is 19.4. The van der Waals surface area contributed by atoms with Crippen LogP contribution in [-0.2, 0) is 43.2 Å². The van der Waals surface area contributed by atoms with Crippen molar-refractivity contribution in [3.63, 3.8) is 0 Å². The number of nitrogens with two attached hydrogens (primary N) is 1. The monoisotopic (exact) mass is 785 g/mol. The lowest BCUT2D eigenvalue weighted by molar-refractivity contribution is -0.148. The first-order chi connectivity index (χ1) is 25.3. The fourth-order valence-electron chi connectivity index (χ4n) is 6.44. The Hall–Kier alpha value is -4.46. The summed E-state index contributed by atoms with van der Waals surface area (Å²) in [7, 11) is 0. The van der Waals surface area contributed by atoms with E-state index in [2.05, 4.69) is 21.3 Å². The number of rotatable bonds is 21. The first kappa shape index (κ1) is 45.7. The smallest absolute Gasteiger partial charge is 0.326 e. The van der Waals surface area contributed by atoms with E-state index in [1.54, 1.807) is 13.8 Å². The van der Waals surface area contributed by atoms with Gasteiger partial charge in [-0.25, -0.2) is 4.79 Å². The highest BCUT2D eigenvalue weighted by Gasteiger charge is 2.42. The fraction of sp³-hybridized carbons (Fsp3) is 0.735. The summed E-state index contributed by atoms with van der Waals surface area (Å²) in [6, 6.07) is -8.52. The largest absolute Gasteiger partial charge is 0.481 e. The highest BCUT2D eigenvalue weighted by molar-refractivity contribution is 7.98. The van der Waals surface area contributed by atoms with Crippen molar-refractivity contribution in [1.82, 2.24) is 31.1 Å². The molecule has 2 saturated heterocycles. The van der Waals surface area contributed by atoms with E-state index in [1.165, 1.54) is 21.6 Å². The number of likely N-dealkylation sites (tertiary alicyclic amines) is 2. The average Bonchev–Trinajstić information content (AvgIpc) is 3.77. The molecule has 6 amide bonds. The maximum Gasteiger partial charge on any atom is 0.326 e. The van der Waals surface area contributed by atoms with Gasteiger partial charge in [-0.05, 0) is 62.4 Å². The average molecular weight is 786 g/mol. The number of hydrogen-bond acceptors (Lipinski definition) is 11. The van der Waals surface area contributed by atoms with Crippen molar-refractivity contribution in [1.29, 1.82) is 0 Å². The Kier molecular flexibility index (Phi) is 18.1. The van der Waals surface area contributed by atoms with Crippen molar-refractivity contribution in [2.75, 3.05) is 25.1 Å². The molecular weight excluding hydrogens is 730 g/mol. The van der Waals surface area contributed by atoms with E-state index in [-0.39, 0.29) is 44.7 Å². The van der Waals surface area contributed by atoms with Crippen molar-refractivity contribution in [2.24, 2.45) is 17.6 Å². The van der Waals surface area contributed by atoms with Crippen LogP contribution in [0.4, 0.5) is 0 Å². The molecule has 0 radical (unpaired) electrons. The molecule has 2 fully saturated rings. The van der Waals surface area contributed by atoms with Crippen molar-refractivity contribution in [3.8, 4) is 0 Å². The number of carboxylic acid groups (broad SMARTS) is 3. The fourth-order valence-corrected chi connectivity index (χ4v) is 6.91. The van der Waals surface area contributed by atoms with Gasteiger partial charge in [0, 0.05) is 13.1 Å². The van der Waals surface area contributed by atoms with Crippen LogP contribution < -0.4 is 27.0 Å². The molecule has 304 valence electrons. The molecular formula is C34H55N7O12S. The Morgan fingerprint density at radius 3 is 1.67 bits per heavy atom. The molecule has 2 heterocycles. The lowest BCUT2D eigenvalue weighted by Gasteiger charge is -2.32. The molecule has 2 rings (SSSR count). The van der Waals surface area contributed by atoms with Gasteiger partial charge in [-0.15, -0.1) is 0 Å². The number of carboxylic acids is 3. The van der Waals surface area contributed by atoms with Gasteiger partial charge in [-0.2, -0.15) is 11.8 Å². The molecule has 2 aliphatic rings. The zero-order chi connectivity index (χ0) is 40.9. The van der Waals surface area contributed by atoms with Gasteiger partial charge in [-0.3, -0.25) is 38.4 Å². The molecule has 0 aromatic rings. The minimum absolute atomic E-state index is 0.107. The Morgan fingerprint density at radius 1 is 0.704 bits per heavy atom. The summed E-state index contributed by atoms with van der Waals surface area (Å²) in [6.45, 7) is 7.36. The van der Waals surface area contributed by atoms with Crippen LogP contribution in [0.2, 0.25) is 0 Å². The normalized spacial score (nSPS) is 19.7. The summed E-state index contributed by atoms with van der Waals surface area (Å²) in [5.74, 6) is -8.46. The maximum absolute atomic E-state index is 13.9. The number of aliphatic carboxylic acids is 3. The van der Waals surface area contributed by atoms with E-state index < -0.39 is 114 Å². The van der Waals surface area contributed by atoms with Crippen LogP contribution in [0.1, 0.15) is 79.1 Å². The third-order valence-electron chi connectivity index (χ3n) is 9.20. The van der Waals surface area contributed by atoms with Gasteiger partial charge in [0.2, 0.25) is 35.4 Å². The van der Waals surface area contributed by atoms with Crippen molar-refractivity contribution in [2.45, 2.75) is 121 Å². The van der Waals surface area contributed by atoms with Crippen molar-refractivity contribution in [3.05, 3.63) is 0 Å². The van der Waals surface area contributed by atoms with Crippen LogP contribution in [0, 0.1) is 11.8 Å². The summed E-state index contributed by atoms with van der Waals surface area (Å²) in [6.07, 6.45) is 2.00. The number of nitrogens with zero attached hydrogens (tertiary/aromatic N) is 2. The van der Waals surface area contributed by atoms with Gasteiger partial charge in [-0.1, -0.05) is 27.7 Å². The predicted molar refractivity (Wildman–Crippen MR) is 195 cm³/mol. The highest BCUT2D eigenvalue weighted by Crippen LogP contribution is 2.23. The van der Waals surface area contributed by atoms with Gasteiger partial charge in [0.05, 0.1) is 18.9 Å². The number of thioether (sulfide) groups is 1. The minimum atomic E-state index is -1.71. The van der Waals surface area contributed by atoms with Gasteiger partial charge in [0.1, 0.15) is 36.3 Å². The third-order valence-corrected chi connectivity index (χ3v) is 9.84. The van der Waals surface area contributed by atoms with Crippen LogP contribution in [0.5, 0.6) is 0 Å². The molecule has 9 N–H and O–H groups in total. The molecule has 54 heavy (non-hydrogen) atoms. The molecule has 19 nitrogen and oxygen atoms in total. The highest BCUT2D eigenvalue weighted by atomic mass is 32.2. The lowest BCUT2D eigenvalue weighted by atomic mass is 9.99. The van der Waals surface area contributed by atoms with Crippen LogP contribution in [0.15, 0.2) is 0 Å². The summed E-state index contributed by atoms with van der Waals surface area (Å²) in [5.41, 5.74) is 5.71. The van der Waals surface area contributed by atoms with E-state index in [4.69, 9.17) is 15.9 Å². The second-order valence-corrected chi connectivity index (χ2v) is 15.3. The molecule has 20 heteroatoms. The number of nitrogens with one attached hydrogen (secondary N) is 4. The minimum Gasteiger partial charge on any atom is -0.481 e. The summed E-state index contributed by atoms with van der Waals surface area (Å²) >= 11 is 1.42. The number of amides is 6. The van der Waals surface area contributed by atoms with Crippen LogP contribution in [0.25, 0.3) is 0 Å². The van der Waals surface area contributed by atoms with Crippen molar-refractivity contribution < 1.29 is 58.5 Å². The maximum atomic E-state index is 13.9. The third kappa shape index (κ3) is 13.4. The standard InChI is InChI=1S/C34H55N7O12S/c1-17(2)14-21(33(51)41-12-6-8-23(41)29(47)38-22(34(52)53)16-26(44)45)37-31(49)27(18(3)4)39-30(48)24-9-7-11-40(24)32(50)20(10-13-54-5)36-28(46)19(35)15-25(42)43/h17-24,27H,6-16,35H2,1-5H3,(H,36,46)(H,37,49)(H,38,47)(H,39,48)(H,42,43)(H,44,45)(H,52,53)/t19-,20-,21-,22-,23-,24-,27-/m0/s1. The molecule has 0 bridgehead atoms.